The molecule has 3 aromatic carbocycles. The summed E-state index contributed by atoms with van der Waals surface area (Å²) in [6.45, 7) is 3.25. The van der Waals surface area contributed by atoms with Crippen molar-refractivity contribution in [1.82, 2.24) is 9.55 Å². The Morgan fingerprint density at radius 3 is 1.74 bits per heavy atom. The summed E-state index contributed by atoms with van der Waals surface area (Å²) in [5, 5.41) is 0. The van der Waals surface area contributed by atoms with Gasteiger partial charge in [0.2, 0.25) is 0 Å². The monoisotopic (exact) mass is 418 g/mol. The Morgan fingerprint density at radius 1 is 0.645 bits per heavy atom. The van der Waals surface area contributed by atoms with Crippen molar-refractivity contribution in [3.63, 3.8) is 0 Å². The maximum atomic E-state index is 5.21. The van der Waals surface area contributed by atoms with Gasteiger partial charge in [-0.05, 0) is 6.42 Å². The van der Waals surface area contributed by atoms with Crippen molar-refractivity contribution in [2.75, 3.05) is 0 Å². The van der Waals surface area contributed by atoms with Crippen LogP contribution in [0, 0.1) is 0 Å². The number of hydrogen-bond donors (Lipinski definition) is 0. The molecule has 1 heterocycles. The van der Waals surface area contributed by atoms with Gasteiger partial charge in [0.15, 0.2) is 0 Å². The molecule has 0 aliphatic rings. The molecule has 0 saturated carbocycles. The fourth-order valence-electron chi connectivity index (χ4n) is 4.04. The molecule has 4 aromatic rings. The Labute approximate surface area is 210 Å². The van der Waals surface area contributed by atoms with Crippen molar-refractivity contribution in [2.24, 2.45) is 0 Å². The molecule has 0 aliphatic carbocycles. The molecule has 31 heavy (non-hydrogen) atoms. The van der Waals surface area contributed by atoms with Crippen LogP contribution in [0.3, 0.4) is 0 Å². The van der Waals surface area contributed by atoms with Crippen molar-refractivity contribution in [2.45, 2.75) is 45.6 Å². The summed E-state index contributed by atoms with van der Waals surface area (Å²) in [7, 11) is 0. The number of nitrogens with zero attached hydrogens (tertiary/aromatic N) is 2. The topological polar surface area (TPSA) is 17.8 Å². The number of aromatic nitrogens is 2. The van der Waals surface area contributed by atoms with E-state index in [2.05, 4.69) is 102 Å². The van der Waals surface area contributed by atoms with E-state index in [1.54, 1.807) is 0 Å². The smallest absolute Gasteiger partial charge is 1.00 e. The summed E-state index contributed by atoms with van der Waals surface area (Å²) >= 11 is 0. The van der Waals surface area contributed by atoms with Gasteiger partial charge in [0.1, 0.15) is 5.82 Å². The minimum absolute atomic E-state index is 0. The van der Waals surface area contributed by atoms with Crippen LogP contribution in [0.25, 0.3) is 33.9 Å². The fourth-order valence-corrected chi connectivity index (χ4v) is 4.04. The molecular weight excluding hydrogens is 387 g/mol. The van der Waals surface area contributed by atoms with E-state index in [1.165, 1.54) is 54.5 Å². The van der Waals surface area contributed by atoms with Gasteiger partial charge in [-0.3, -0.25) is 0 Å². The summed E-state index contributed by atoms with van der Waals surface area (Å²) in [5.74, 6) is 1.06. The first-order valence-corrected chi connectivity index (χ1v) is 11.1. The van der Waals surface area contributed by atoms with E-state index in [0.29, 0.717) is 0 Å². The quantitative estimate of drug-likeness (QED) is 0.277. The second-order valence-electron chi connectivity index (χ2n) is 7.80. The summed E-state index contributed by atoms with van der Waals surface area (Å²) in [6, 6.07) is 31.9. The molecule has 0 unspecified atom stereocenters. The van der Waals surface area contributed by atoms with Crippen molar-refractivity contribution >= 4 is 0 Å². The number of rotatable bonds is 9. The van der Waals surface area contributed by atoms with E-state index in [1.807, 2.05) is 0 Å². The predicted molar refractivity (Wildman–Crippen MR) is 128 cm³/mol. The molecule has 154 valence electrons. The Hall–Kier alpha value is -2.13. The van der Waals surface area contributed by atoms with E-state index < -0.39 is 0 Å². The number of hydrogen-bond acceptors (Lipinski definition) is 1. The molecule has 0 amide bonds. The Balaban J connectivity index is 0.00000181. The third-order valence-corrected chi connectivity index (χ3v) is 5.58. The van der Waals surface area contributed by atoms with Gasteiger partial charge >= 0.3 is 29.6 Å². The molecular formula is C28H31N2Na. The van der Waals surface area contributed by atoms with Crippen molar-refractivity contribution in [3.05, 3.63) is 91.0 Å². The molecule has 0 spiro atoms. The number of benzene rings is 3. The van der Waals surface area contributed by atoms with Gasteiger partial charge in [0.05, 0.1) is 11.4 Å². The van der Waals surface area contributed by atoms with Gasteiger partial charge in [-0.1, -0.05) is 124 Å². The average Bonchev–Trinajstić information content (AvgIpc) is 3.20. The fraction of sp³-hybridized carbons (Fsp3) is 0.250. The molecule has 0 aliphatic heterocycles. The van der Waals surface area contributed by atoms with Gasteiger partial charge in [0.25, 0.3) is 0 Å². The standard InChI is InChI=1S/C28H30N2.Na.H/c1-2-3-4-5-15-22-30-27(24-18-11-7-12-19-24)26(23-16-9-6-10-17-23)29-28(30)25-20-13-8-14-21-25;;/h6-14,16-21H,2-5,15,22H2,1H3;;/q;+1;-1. The predicted octanol–water partition coefficient (Wildman–Crippen LogP) is 4.97. The largest absolute Gasteiger partial charge is 1.00 e. The molecule has 0 N–H and O–H groups in total. The minimum Gasteiger partial charge on any atom is -1.00 e. The molecule has 3 heteroatoms. The van der Waals surface area contributed by atoms with Gasteiger partial charge in [-0.25, -0.2) is 4.98 Å². The van der Waals surface area contributed by atoms with E-state index >= 15 is 0 Å². The second-order valence-corrected chi connectivity index (χ2v) is 7.80. The van der Waals surface area contributed by atoms with E-state index in [4.69, 9.17) is 4.98 Å². The zero-order chi connectivity index (χ0) is 20.6. The molecule has 2 nitrogen and oxygen atoms in total. The number of imidazole rings is 1. The molecule has 0 saturated heterocycles. The zero-order valence-corrected chi connectivity index (χ0v) is 20.8. The normalized spacial score (nSPS) is 10.6. The maximum absolute atomic E-state index is 5.21. The summed E-state index contributed by atoms with van der Waals surface area (Å²) in [5.41, 5.74) is 5.84. The van der Waals surface area contributed by atoms with Gasteiger partial charge in [0, 0.05) is 23.2 Å². The van der Waals surface area contributed by atoms with Crippen LogP contribution in [0.1, 0.15) is 40.5 Å². The first-order valence-electron chi connectivity index (χ1n) is 11.1. The third-order valence-electron chi connectivity index (χ3n) is 5.58. The van der Waals surface area contributed by atoms with Crippen LogP contribution in [-0.4, -0.2) is 9.55 Å². The summed E-state index contributed by atoms with van der Waals surface area (Å²) in [4.78, 5) is 5.21. The molecule has 0 fully saturated rings. The van der Waals surface area contributed by atoms with Crippen LogP contribution in [-0.2, 0) is 6.54 Å². The van der Waals surface area contributed by atoms with E-state index in [9.17, 15) is 0 Å². The maximum Gasteiger partial charge on any atom is 1.00 e. The van der Waals surface area contributed by atoms with Crippen LogP contribution in [0.4, 0.5) is 0 Å². The van der Waals surface area contributed by atoms with E-state index in [-0.39, 0.29) is 31.0 Å². The van der Waals surface area contributed by atoms with Crippen LogP contribution < -0.4 is 29.6 Å². The summed E-state index contributed by atoms with van der Waals surface area (Å²) < 4.78 is 2.44. The third kappa shape index (κ3) is 5.77. The Morgan fingerprint density at radius 2 is 1.16 bits per heavy atom. The molecule has 1 aromatic heterocycles. The molecule has 0 bridgehead atoms. The zero-order valence-electron chi connectivity index (χ0n) is 19.8. The first-order chi connectivity index (χ1) is 14.9. The average molecular weight is 419 g/mol. The van der Waals surface area contributed by atoms with Crippen LogP contribution in [0.15, 0.2) is 91.0 Å². The molecule has 0 radical (unpaired) electrons. The first kappa shape index (κ1) is 23.5. The Kier molecular flexibility index (Phi) is 9.14. The van der Waals surface area contributed by atoms with Gasteiger partial charge in [-0.2, -0.15) is 0 Å². The van der Waals surface area contributed by atoms with Gasteiger partial charge in [-0.15, -0.1) is 0 Å². The number of unbranched alkanes of at least 4 members (excludes halogenated alkanes) is 4. The molecule has 4 rings (SSSR count). The second kappa shape index (κ2) is 12.0. The summed E-state index contributed by atoms with van der Waals surface area (Å²) in [6.07, 6.45) is 6.32. The minimum atomic E-state index is 0. The van der Waals surface area contributed by atoms with Crippen molar-refractivity contribution in [3.8, 4) is 33.9 Å². The molecule has 0 atom stereocenters. The Bertz CT molecular complexity index is 1050. The van der Waals surface area contributed by atoms with Crippen molar-refractivity contribution in [1.29, 1.82) is 0 Å². The van der Waals surface area contributed by atoms with E-state index in [0.717, 1.165) is 18.1 Å². The van der Waals surface area contributed by atoms with Crippen molar-refractivity contribution < 1.29 is 31.0 Å². The van der Waals surface area contributed by atoms with Crippen LogP contribution >= 0.6 is 0 Å². The van der Waals surface area contributed by atoms with Crippen LogP contribution in [0.2, 0.25) is 0 Å². The van der Waals surface area contributed by atoms with Gasteiger partial charge < -0.3 is 5.99 Å². The van der Waals surface area contributed by atoms with Crippen LogP contribution in [0.5, 0.6) is 0 Å². The SMILES string of the molecule is CCCCCCCn1c(-c2ccccc2)nc(-c2ccccc2)c1-c1ccccc1.[H-].[Na+].